The van der Waals surface area contributed by atoms with Crippen LogP contribution in [0.25, 0.3) is 6.08 Å². The lowest BCUT2D eigenvalue weighted by atomic mass is 10.2. The zero-order valence-electron chi connectivity index (χ0n) is 9.78. The lowest BCUT2D eigenvalue weighted by molar-refractivity contribution is -0.112. The van der Waals surface area contributed by atoms with Gasteiger partial charge in [0.05, 0.1) is 11.3 Å². The summed E-state index contributed by atoms with van der Waals surface area (Å²) in [6.07, 6.45) is 7.44. The maximum Gasteiger partial charge on any atom is 0.262 e. The molecule has 0 aromatic carbocycles. The third-order valence-corrected chi connectivity index (χ3v) is 2.13. The first kappa shape index (κ1) is 12.6. The smallest absolute Gasteiger partial charge is 0.262 e. The van der Waals surface area contributed by atoms with E-state index in [1.54, 1.807) is 36.7 Å². The SMILES string of the molecule is O=[C]C(=Cc1ccccn1)C(=O)Nc1ncccn1. The van der Waals surface area contributed by atoms with Crippen molar-refractivity contribution in [3.8, 4) is 0 Å². The topological polar surface area (TPSA) is 84.8 Å². The molecule has 0 aliphatic carbocycles. The average molecular weight is 253 g/mol. The summed E-state index contributed by atoms with van der Waals surface area (Å²) in [6, 6.07) is 6.77. The molecular weight excluding hydrogens is 244 g/mol. The van der Waals surface area contributed by atoms with Gasteiger partial charge in [0, 0.05) is 18.6 Å². The normalized spacial score (nSPS) is 10.8. The van der Waals surface area contributed by atoms with Crippen LogP contribution in [-0.2, 0) is 9.59 Å². The van der Waals surface area contributed by atoms with E-state index >= 15 is 0 Å². The molecule has 0 aliphatic heterocycles. The van der Waals surface area contributed by atoms with E-state index < -0.39 is 5.91 Å². The second-order valence-electron chi connectivity index (χ2n) is 3.44. The van der Waals surface area contributed by atoms with Crippen LogP contribution in [0.1, 0.15) is 5.69 Å². The molecule has 0 atom stereocenters. The molecule has 6 nitrogen and oxygen atoms in total. The molecule has 0 spiro atoms. The number of hydrogen-bond donors (Lipinski definition) is 1. The van der Waals surface area contributed by atoms with E-state index in [1.165, 1.54) is 18.5 Å². The molecule has 2 heterocycles. The van der Waals surface area contributed by atoms with Gasteiger partial charge in [0.1, 0.15) is 0 Å². The van der Waals surface area contributed by atoms with Crippen LogP contribution in [0.15, 0.2) is 48.4 Å². The molecule has 0 aliphatic rings. The molecule has 0 saturated carbocycles. The molecule has 2 rings (SSSR count). The minimum Gasteiger partial charge on any atom is -0.290 e. The number of anilines is 1. The van der Waals surface area contributed by atoms with Gasteiger partial charge in [0.2, 0.25) is 12.2 Å². The van der Waals surface area contributed by atoms with Gasteiger partial charge in [-0.05, 0) is 24.3 Å². The number of hydrogen-bond acceptors (Lipinski definition) is 5. The molecule has 2 aromatic rings. The van der Waals surface area contributed by atoms with Crippen molar-refractivity contribution >= 4 is 24.2 Å². The first-order chi connectivity index (χ1) is 9.29. The molecule has 1 amide bonds. The van der Waals surface area contributed by atoms with Gasteiger partial charge < -0.3 is 0 Å². The van der Waals surface area contributed by atoms with Crippen molar-refractivity contribution in [1.29, 1.82) is 0 Å². The van der Waals surface area contributed by atoms with E-state index in [0.717, 1.165) is 0 Å². The fraction of sp³-hybridized carbons (Fsp3) is 0. The Labute approximate surface area is 109 Å². The molecule has 0 bridgehead atoms. The van der Waals surface area contributed by atoms with Crippen molar-refractivity contribution in [3.05, 3.63) is 54.1 Å². The van der Waals surface area contributed by atoms with Crippen LogP contribution < -0.4 is 5.32 Å². The van der Waals surface area contributed by atoms with Crippen LogP contribution >= 0.6 is 0 Å². The quantitative estimate of drug-likeness (QED) is 0.499. The van der Waals surface area contributed by atoms with E-state index in [-0.39, 0.29) is 11.5 Å². The molecule has 2 aromatic heterocycles. The number of rotatable bonds is 4. The number of pyridine rings is 1. The second-order valence-corrected chi connectivity index (χ2v) is 3.44. The van der Waals surface area contributed by atoms with E-state index in [4.69, 9.17) is 0 Å². The Morgan fingerprint density at radius 3 is 2.47 bits per heavy atom. The van der Waals surface area contributed by atoms with Gasteiger partial charge in [-0.1, -0.05) is 6.07 Å². The van der Waals surface area contributed by atoms with Crippen molar-refractivity contribution in [3.63, 3.8) is 0 Å². The number of nitrogens with zero attached hydrogens (tertiary/aromatic N) is 3. The van der Waals surface area contributed by atoms with Crippen molar-refractivity contribution in [2.24, 2.45) is 0 Å². The highest BCUT2D eigenvalue weighted by Gasteiger charge is 2.11. The highest BCUT2D eigenvalue weighted by molar-refractivity contribution is 6.19. The predicted molar refractivity (Wildman–Crippen MR) is 68.6 cm³/mol. The molecule has 1 N–H and O–H groups in total. The standard InChI is InChI=1S/C13H9N4O2/c18-9-10(8-11-4-1-2-5-14-11)12(19)17-13-15-6-3-7-16-13/h1-8H,(H,15,16,17,19). The summed E-state index contributed by atoms with van der Waals surface area (Å²) < 4.78 is 0. The summed E-state index contributed by atoms with van der Waals surface area (Å²) in [7, 11) is 0. The number of carbonyl (C=O) groups is 1. The zero-order chi connectivity index (χ0) is 13.5. The molecule has 0 saturated heterocycles. The Kier molecular flexibility index (Phi) is 4.07. The summed E-state index contributed by atoms with van der Waals surface area (Å²) in [6.45, 7) is 0. The van der Waals surface area contributed by atoms with Crippen LogP contribution in [0.4, 0.5) is 5.95 Å². The number of nitrogens with one attached hydrogen (secondary N) is 1. The highest BCUT2D eigenvalue weighted by Crippen LogP contribution is 2.04. The Hall–Kier alpha value is -2.89. The molecular formula is C13H9N4O2. The van der Waals surface area contributed by atoms with Crippen LogP contribution in [0.3, 0.4) is 0 Å². The van der Waals surface area contributed by atoms with Crippen molar-refractivity contribution in [2.75, 3.05) is 5.32 Å². The van der Waals surface area contributed by atoms with Crippen molar-refractivity contribution < 1.29 is 9.59 Å². The summed E-state index contributed by atoms with van der Waals surface area (Å²) in [5.74, 6) is -0.512. The Morgan fingerprint density at radius 1 is 1.11 bits per heavy atom. The van der Waals surface area contributed by atoms with E-state index in [9.17, 15) is 9.59 Å². The van der Waals surface area contributed by atoms with E-state index in [1.807, 2.05) is 0 Å². The Bertz CT molecular complexity index is 597. The van der Waals surface area contributed by atoms with Gasteiger partial charge in [-0.15, -0.1) is 0 Å². The van der Waals surface area contributed by atoms with Crippen LogP contribution in [0, 0.1) is 0 Å². The van der Waals surface area contributed by atoms with Gasteiger partial charge in [-0.2, -0.15) is 0 Å². The minimum atomic E-state index is -0.633. The maximum absolute atomic E-state index is 11.8. The number of carbonyl (C=O) groups excluding carboxylic acids is 2. The van der Waals surface area contributed by atoms with E-state index in [0.29, 0.717) is 5.69 Å². The third kappa shape index (κ3) is 3.53. The Morgan fingerprint density at radius 2 is 1.84 bits per heavy atom. The summed E-state index contributed by atoms with van der Waals surface area (Å²) in [5.41, 5.74) is 0.316. The van der Waals surface area contributed by atoms with Gasteiger partial charge in [0.15, 0.2) is 0 Å². The number of amides is 1. The van der Waals surface area contributed by atoms with Crippen molar-refractivity contribution in [2.45, 2.75) is 0 Å². The fourth-order valence-electron chi connectivity index (χ4n) is 1.28. The summed E-state index contributed by atoms with van der Waals surface area (Å²) in [4.78, 5) is 34.3. The molecule has 6 heteroatoms. The lowest BCUT2D eigenvalue weighted by Crippen LogP contribution is -2.16. The Balaban J connectivity index is 2.16. The average Bonchev–Trinajstić information content (AvgIpc) is 2.47. The first-order valence-electron chi connectivity index (χ1n) is 5.39. The highest BCUT2D eigenvalue weighted by atomic mass is 16.2. The van der Waals surface area contributed by atoms with Gasteiger partial charge in [-0.25, -0.2) is 9.97 Å². The molecule has 19 heavy (non-hydrogen) atoms. The van der Waals surface area contributed by atoms with Crippen LogP contribution in [0.5, 0.6) is 0 Å². The molecule has 1 radical (unpaired) electrons. The third-order valence-electron chi connectivity index (χ3n) is 2.13. The number of aromatic nitrogens is 3. The van der Waals surface area contributed by atoms with Crippen molar-refractivity contribution in [1.82, 2.24) is 15.0 Å². The summed E-state index contributed by atoms with van der Waals surface area (Å²) >= 11 is 0. The maximum atomic E-state index is 11.8. The van der Waals surface area contributed by atoms with Crippen LogP contribution in [0.2, 0.25) is 0 Å². The molecule has 0 fully saturated rings. The monoisotopic (exact) mass is 253 g/mol. The lowest BCUT2D eigenvalue weighted by Gasteiger charge is -2.01. The van der Waals surface area contributed by atoms with Crippen LogP contribution in [-0.4, -0.2) is 27.1 Å². The van der Waals surface area contributed by atoms with Gasteiger partial charge >= 0.3 is 0 Å². The fourth-order valence-corrected chi connectivity index (χ4v) is 1.28. The first-order valence-corrected chi connectivity index (χ1v) is 5.39. The van der Waals surface area contributed by atoms with Gasteiger partial charge in [-0.3, -0.25) is 19.9 Å². The van der Waals surface area contributed by atoms with E-state index in [2.05, 4.69) is 20.3 Å². The predicted octanol–water partition coefficient (Wildman–Crippen LogP) is 1.00. The molecule has 93 valence electrons. The zero-order valence-corrected chi connectivity index (χ0v) is 9.78. The molecule has 0 unspecified atom stereocenters. The minimum absolute atomic E-state index is 0.120. The summed E-state index contributed by atoms with van der Waals surface area (Å²) in [5, 5.41) is 2.39. The second kappa shape index (κ2) is 6.15. The largest absolute Gasteiger partial charge is 0.290 e. The van der Waals surface area contributed by atoms with Gasteiger partial charge in [0.25, 0.3) is 5.91 Å².